The Morgan fingerprint density at radius 2 is 2.17 bits per heavy atom. The predicted molar refractivity (Wildman–Crippen MR) is 89.6 cm³/mol. The monoisotopic (exact) mass is 329 g/mol. The predicted octanol–water partition coefficient (Wildman–Crippen LogP) is 3.20. The molecule has 5 nitrogen and oxygen atoms in total. The van der Waals surface area contributed by atoms with E-state index >= 15 is 0 Å². The van der Waals surface area contributed by atoms with Gasteiger partial charge in [0.15, 0.2) is 0 Å². The molecule has 1 saturated carbocycles. The van der Waals surface area contributed by atoms with Crippen LogP contribution >= 0.6 is 0 Å². The zero-order valence-corrected chi connectivity index (χ0v) is 13.7. The van der Waals surface area contributed by atoms with E-state index in [1.165, 1.54) is 0 Å². The van der Waals surface area contributed by atoms with Crippen molar-refractivity contribution in [1.82, 2.24) is 5.32 Å². The Bertz CT molecular complexity index is 667. The molecule has 1 aromatic carbocycles. The second-order valence-corrected chi connectivity index (χ2v) is 6.72. The number of nitrogens with one attached hydrogen (secondary N) is 1. The van der Waals surface area contributed by atoms with Gasteiger partial charge in [-0.05, 0) is 43.7 Å². The quantitative estimate of drug-likeness (QED) is 0.847. The summed E-state index contributed by atoms with van der Waals surface area (Å²) >= 11 is 0. The highest BCUT2D eigenvalue weighted by molar-refractivity contribution is 5.79. The second kappa shape index (κ2) is 6.95. The van der Waals surface area contributed by atoms with Gasteiger partial charge in [0.05, 0.1) is 18.8 Å². The number of benzene rings is 1. The summed E-state index contributed by atoms with van der Waals surface area (Å²) < 4.78 is 16.9. The number of para-hydroxylation sites is 1. The van der Waals surface area contributed by atoms with Gasteiger partial charge in [-0.2, -0.15) is 0 Å². The first-order valence-electron chi connectivity index (χ1n) is 8.77. The molecular weight excluding hydrogens is 306 g/mol. The Labute approximate surface area is 141 Å². The number of hydrogen-bond donors (Lipinski definition) is 1. The van der Waals surface area contributed by atoms with E-state index in [2.05, 4.69) is 5.32 Å². The Morgan fingerprint density at radius 3 is 2.92 bits per heavy atom. The van der Waals surface area contributed by atoms with Gasteiger partial charge in [0.25, 0.3) is 0 Å². The summed E-state index contributed by atoms with van der Waals surface area (Å²) in [5, 5.41) is 4.15. The number of rotatable bonds is 7. The number of hydrogen-bond acceptors (Lipinski definition) is 4. The lowest BCUT2D eigenvalue weighted by Gasteiger charge is -2.16. The van der Waals surface area contributed by atoms with E-state index in [0.717, 1.165) is 49.0 Å². The van der Waals surface area contributed by atoms with Gasteiger partial charge in [0.2, 0.25) is 5.91 Å². The van der Waals surface area contributed by atoms with Crippen molar-refractivity contribution in [2.24, 2.45) is 5.92 Å². The molecule has 2 heterocycles. The zero-order chi connectivity index (χ0) is 16.4. The van der Waals surface area contributed by atoms with Gasteiger partial charge in [-0.15, -0.1) is 0 Å². The van der Waals surface area contributed by atoms with Gasteiger partial charge in [-0.3, -0.25) is 4.79 Å². The van der Waals surface area contributed by atoms with Crippen molar-refractivity contribution in [2.45, 2.75) is 37.8 Å². The molecule has 5 heteroatoms. The number of amides is 1. The Kier molecular flexibility index (Phi) is 4.54. The topological polar surface area (TPSA) is 60.7 Å². The molecule has 1 saturated heterocycles. The van der Waals surface area contributed by atoms with Crippen molar-refractivity contribution < 1.29 is 18.7 Å². The van der Waals surface area contributed by atoms with Gasteiger partial charge in [0, 0.05) is 12.0 Å². The van der Waals surface area contributed by atoms with Crippen LogP contribution in [-0.2, 0) is 14.3 Å². The van der Waals surface area contributed by atoms with Crippen LogP contribution in [0.4, 0.5) is 0 Å². The minimum atomic E-state index is -0.0923. The standard InChI is InChI=1S/C19H23NO4/c21-18(12-22-11-15-5-3-9-23-15)20-19(13-7-8-13)17-10-14-4-1-2-6-16(14)24-17/h1-2,4,6,10,13,15,19H,3,5,7-9,11-12H2,(H,20,21)/t15-,19-/m1/s1. The molecule has 1 amide bonds. The SMILES string of the molecule is O=C(COC[C@H]1CCCO1)N[C@@H](c1cc2ccccc2o1)C1CC1. The third kappa shape index (κ3) is 3.62. The van der Waals surface area contributed by atoms with Crippen molar-refractivity contribution in [1.29, 1.82) is 0 Å². The highest BCUT2D eigenvalue weighted by Gasteiger charge is 2.35. The van der Waals surface area contributed by atoms with E-state index in [4.69, 9.17) is 13.9 Å². The zero-order valence-electron chi connectivity index (χ0n) is 13.7. The van der Waals surface area contributed by atoms with Crippen LogP contribution in [0, 0.1) is 5.92 Å². The molecule has 2 aromatic rings. The number of ether oxygens (including phenoxy) is 2. The average Bonchev–Trinajstić information content (AvgIpc) is 3.12. The molecule has 1 aromatic heterocycles. The van der Waals surface area contributed by atoms with Crippen LogP contribution < -0.4 is 5.32 Å². The van der Waals surface area contributed by atoms with Gasteiger partial charge in [-0.1, -0.05) is 18.2 Å². The normalized spacial score (nSPS) is 21.9. The summed E-state index contributed by atoms with van der Waals surface area (Å²) in [6.07, 6.45) is 4.49. The average molecular weight is 329 g/mol. The maximum Gasteiger partial charge on any atom is 0.246 e. The number of carbonyl (C=O) groups is 1. The second-order valence-electron chi connectivity index (χ2n) is 6.72. The van der Waals surface area contributed by atoms with Crippen molar-refractivity contribution in [3.8, 4) is 0 Å². The highest BCUT2D eigenvalue weighted by atomic mass is 16.5. The lowest BCUT2D eigenvalue weighted by atomic mass is 10.1. The molecule has 1 aliphatic carbocycles. The maximum atomic E-state index is 12.2. The molecule has 0 bridgehead atoms. The van der Waals surface area contributed by atoms with Crippen molar-refractivity contribution >= 4 is 16.9 Å². The maximum absolute atomic E-state index is 12.2. The Morgan fingerprint density at radius 1 is 1.29 bits per heavy atom. The van der Waals surface area contributed by atoms with E-state index in [1.54, 1.807) is 0 Å². The van der Waals surface area contributed by atoms with Gasteiger partial charge in [-0.25, -0.2) is 0 Å². The van der Waals surface area contributed by atoms with Crippen LogP contribution in [0.1, 0.15) is 37.5 Å². The van der Waals surface area contributed by atoms with Crippen LogP contribution in [0.25, 0.3) is 11.0 Å². The molecule has 1 aliphatic heterocycles. The first-order valence-corrected chi connectivity index (χ1v) is 8.77. The first kappa shape index (κ1) is 15.7. The van der Waals surface area contributed by atoms with Crippen molar-refractivity contribution in [3.05, 3.63) is 36.1 Å². The Balaban J connectivity index is 1.35. The lowest BCUT2D eigenvalue weighted by molar-refractivity contribution is -0.127. The number of fused-ring (bicyclic) bond motifs is 1. The van der Waals surface area contributed by atoms with Crippen molar-refractivity contribution in [3.63, 3.8) is 0 Å². The fourth-order valence-corrected chi connectivity index (χ4v) is 3.28. The van der Waals surface area contributed by atoms with Crippen LogP contribution in [0.2, 0.25) is 0 Å². The molecule has 24 heavy (non-hydrogen) atoms. The molecule has 4 rings (SSSR count). The van der Waals surface area contributed by atoms with Gasteiger partial charge in [0.1, 0.15) is 18.0 Å². The van der Waals surface area contributed by atoms with E-state index in [1.807, 2.05) is 30.3 Å². The van der Waals surface area contributed by atoms with Crippen LogP contribution in [0.15, 0.2) is 34.7 Å². The van der Waals surface area contributed by atoms with Gasteiger partial charge >= 0.3 is 0 Å². The van der Waals surface area contributed by atoms with Gasteiger partial charge < -0.3 is 19.2 Å². The fraction of sp³-hybridized carbons (Fsp3) is 0.526. The largest absolute Gasteiger partial charge is 0.459 e. The fourth-order valence-electron chi connectivity index (χ4n) is 3.28. The lowest BCUT2D eigenvalue weighted by Crippen LogP contribution is -2.33. The third-order valence-electron chi connectivity index (χ3n) is 4.72. The first-order chi connectivity index (χ1) is 11.8. The van der Waals surface area contributed by atoms with Crippen LogP contribution in [0.5, 0.6) is 0 Å². The third-order valence-corrected chi connectivity index (χ3v) is 4.72. The molecule has 0 spiro atoms. The summed E-state index contributed by atoms with van der Waals surface area (Å²) in [6.45, 7) is 1.37. The Hall–Kier alpha value is -1.85. The van der Waals surface area contributed by atoms with E-state index in [0.29, 0.717) is 12.5 Å². The molecule has 0 radical (unpaired) electrons. The van der Waals surface area contributed by atoms with E-state index in [9.17, 15) is 4.79 Å². The molecule has 2 aliphatic rings. The highest BCUT2D eigenvalue weighted by Crippen LogP contribution is 2.42. The minimum Gasteiger partial charge on any atom is -0.459 e. The summed E-state index contributed by atoms with van der Waals surface area (Å²) in [5.41, 5.74) is 0.863. The van der Waals surface area contributed by atoms with E-state index in [-0.39, 0.29) is 24.7 Å². The number of furan rings is 1. The number of carbonyl (C=O) groups excluding carboxylic acids is 1. The summed E-state index contributed by atoms with van der Waals surface area (Å²) in [4.78, 5) is 12.2. The smallest absolute Gasteiger partial charge is 0.246 e. The van der Waals surface area contributed by atoms with E-state index < -0.39 is 0 Å². The minimum absolute atomic E-state index is 0.0590. The molecule has 2 fully saturated rings. The molecule has 128 valence electrons. The summed E-state index contributed by atoms with van der Waals surface area (Å²) in [6, 6.07) is 9.90. The molecular formula is C19H23NO4. The summed E-state index contributed by atoms with van der Waals surface area (Å²) in [5.74, 6) is 1.21. The summed E-state index contributed by atoms with van der Waals surface area (Å²) in [7, 11) is 0. The molecule has 0 unspecified atom stereocenters. The molecule has 2 atom stereocenters. The van der Waals surface area contributed by atoms with Crippen LogP contribution in [-0.4, -0.2) is 31.8 Å². The van der Waals surface area contributed by atoms with Crippen molar-refractivity contribution in [2.75, 3.05) is 19.8 Å². The molecule has 1 N–H and O–H groups in total. The van der Waals surface area contributed by atoms with Crippen LogP contribution in [0.3, 0.4) is 0 Å².